The van der Waals surface area contributed by atoms with E-state index in [0.717, 1.165) is 36.5 Å². The van der Waals surface area contributed by atoms with Gasteiger partial charge in [0.05, 0.1) is 17.8 Å². The number of nitrogens with one attached hydrogen (secondary N) is 1. The number of anilines is 1. The predicted molar refractivity (Wildman–Crippen MR) is 100.0 cm³/mol. The van der Waals surface area contributed by atoms with E-state index in [1.54, 1.807) is 24.8 Å². The molecule has 132 valence electrons. The van der Waals surface area contributed by atoms with E-state index in [4.69, 9.17) is 4.98 Å². The van der Waals surface area contributed by atoms with Gasteiger partial charge < -0.3 is 10.2 Å². The molecule has 0 radical (unpaired) electrons. The fourth-order valence-electron chi connectivity index (χ4n) is 2.92. The van der Waals surface area contributed by atoms with Crippen molar-refractivity contribution >= 4 is 23.2 Å². The second kappa shape index (κ2) is 7.57. The van der Waals surface area contributed by atoms with Gasteiger partial charge in [-0.05, 0) is 25.0 Å². The third kappa shape index (κ3) is 3.55. The van der Waals surface area contributed by atoms with Crippen LogP contribution in [0.1, 0.15) is 28.2 Å². The maximum Gasteiger partial charge on any atom is 0.255 e. The van der Waals surface area contributed by atoms with Crippen LogP contribution in [0, 0.1) is 0 Å². The molecule has 1 aliphatic heterocycles. The molecule has 0 spiro atoms. The topological polar surface area (TPSA) is 83.9 Å². The van der Waals surface area contributed by atoms with Crippen molar-refractivity contribution in [3.05, 3.63) is 52.9 Å². The molecule has 0 atom stereocenters. The van der Waals surface area contributed by atoms with Crippen molar-refractivity contribution in [1.82, 2.24) is 25.3 Å². The van der Waals surface area contributed by atoms with Crippen LogP contribution in [-0.2, 0) is 6.54 Å². The highest BCUT2D eigenvalue weighted by molar-refractivity contribution is 7.09. The molecular formula is C18H18N6OS. The molecule has 0 aliphatic carbocycles. The van der Waals surface area contributed by atoms with Gasteiger partial charge in [-0.2, -0.15) is 0 Å². The Kier molecular flexibility index (Phi) is 4.83. The summed E-state index contributed by atoms with van der Waals surface area (Å²) < 4.78 is 0. The normalized spacial score (nSPS) is 13.8. The summed E-state index contributed by atoms with van der Waals surface area (Å²) in [5, 5.41) is 5.64. The highest BCUT2D eigenvalue weighted by Gasteiger charge is 2.20. The summed E-state index contributed by atoms with van der Waals surface area (Å²) in [6.07, 6.45) is 9.03. The number of carbonyl (C=O) groups excluding carboxylic acids is 1. The number of amides is 1. The summed E-state index contributed by atoms with van der Waals surface area (Å²) in [5.41, 5.74) is 1.85. The number of carbonyl (C=O) groups is 1. The average Bonchev–Trinajstić information content (AvgIpc) is 3.40. The molecule has 4 heterocycles. The third-order valence-corrected chi connectivity index (χ3v) is 5.01. The summed E-state index contributed by atoms with van der Waals surface area (Å²) in [5.74, 6) is 0.449. The van der Waals surface area contributed by atoms with E-state index in [2.05, 4.69) is 25.2 Å². The van der Waals surface area contributed by atoms with Crippen LogP contribution in [0.5, 0.6) is 0 Å². The molecule has 1 aliphatic rings. The lowest BCUT2D eigenvalue weighted by Gasteiger charge is -2.17. The summed E-state index contributed by atoms with van der Waals surface area (Å²) in [6.45, 7) is 2.28. The molecule has 1 N–H and O–H groups in total. The molecule has 26 heavy (non-hydrogen) atoms. The van der Waals surface area contributed by atoms with E-state index in [1.165, 1.54) is 11.3 Å². The Balaban J connectivity index is 1.65. The molecule has 0 bridgehead atoms. The van der Waals surface area contributed by atoms with Gasteiger partial charge in [0.2, 0.25) is 5.95 Å². The fourth-order valence-corrected chi connectivity index (χ4v) is 3.48. The third-order valence-electron chi connectivity index (χ3n) is 4.23. The van der Waals surface area contributed by atoms with Crippen molar-refractivity contribution in [3.8, 4) is 11.3 Å². The standard InChI is InChI=1S/C18H18N6OS/c25-17(21-12-15-20-6-9-26-15)14-11-22-18(24-7-1-2-8-24)23-16(14)13-4-3-5-19-10-13/h3-6,9-11H,1-2,7-8,12H2,(H,21,25). The SMILES string of the molecule is O=C(NCc1nccs1)c1cnc(N2CCCC2)nc1-c1cccnc1. The molecule has 7 nitrogen and oxygen atoms in total. The molecule has 0 saturated carbocycles. The maximum atomic E-state index is 12.7. The van der Waals surface area contributed by atoms with Gasteiger partial charge >= 0.3 is 0 Å². The monoisotopic (exact) mass is 366 g/mol. The first-order valence-corrected chi connectivity index (χ1v) is 9.38. The van der Waals surface area contributed by atoms with E-state index < -0.39 is 0 Å². The number of hydrogen-bond donors (Lipinski definition) is 1. The van der Waals surface area contributed by atoms with E-state index in [1.807, 2.05) is 17.5 Å². The van der Waals surface area contributed by atoms with Gasteiger partial charge in [0.15, 0.2) is 0 Å². The Hall–Kier alpha value is -2.87. The minimum atomic E-state index is -0.216. The summed E-state index contributed by atoms with van der Waals surface area (Å²) in [7, 11) is 0. The largest absolute Gasteiger partial charge is 0.345 e. The number of rotatable bonds is 5. The molecule has 0 aromatic carbocycles. The zero-order valence-electron chi connectivity index (χ0n) is 14.1. The molecule has 0 unspecified atom stereocenters. The molecule has 3 aromatic heterocycles. The highest BCUT2D eigenvalue weighted by atomic mass is 32.1. The summed E-state index contributed by atoms with van der Waals surface area (Å²) >= 11 is 1.51. The van der Waals surface area contributed by atoms with Gasteiger partial charge in [-0.1, -0.05) is 0 Å². The Bertz CT molecular complexity index is 878. The van der Waals surface area contributed by atoms with Gasteiger partial charge in [-0.25, -0.2) is 15.0 Å². The van der Waals surface area contributed by atoms with Crippen molar-refractivity contribution in [2.45, 2.75) is 19.4 Å². The Morgan fingerprint density at radius 1 is 1.19 bits per heavy atom. The molecule has 8 heteroatoms. The Morgan fingerprint density at radius 3 is 2.81 bits per heavy atom. The second-order valence-corrected chi connectivity index (χ2v) is 6.96. The Labute approximate surface area is 155 Å². The van der Waals surface area contributed by atoms with E-state index in [-0.39, 0.29) is 5.91 Å². The number of hydrogen-bond acceptors (Lipinski definition) is 7. The highest BCUT2D eigenvalue weighted by Crippen LogP contribution is 2.24. The van der Waals surface area contributed by atoms with Crippen LogP contribution in [-0.4, -0.2) is 38.9 Å². The van der Waals surface area contributed by atoms with Gasteiger partial charge in [-0.15, -0.1) is 11.3 Å². The van der Waals surface area contributed by atoms with Crippen LogP contribution in [0.2, 0.25) is 0 Å². The fraction of sp³-hybridized carbons (Fsp3) is 0.278. The lowest BCUT2D eigenvalue weighted by Crippen LogP contribution is -2.25. The smallest absolute Gasteiger partial charge is 0.255 e. The molecular weight excluding hydrogens is 348 g/mol. The average molecular weight is 366 g/mol. The van der Waals surface area contributed by atoms with Crippen molar-refractivity contribution in [2.24, 2.45) is 0 Å². The summed E-state index contributed by atoms with van der Waals surface area (Å²) in [6, 6.07) is 3.74. The van der Waals surface area contributed by atoms with Crippen LogP contribution >= 0.6 is 11.3 Å². The number of thiazole rings is 1. The minimum absolute atomic E-state index is 0.216. The molecule has 1 saturated heterocycles. The van der Waals surface area contributed by atoms with Crippen LogP contribution in [0.4, 0.5) is 5.95 Å². The van der Waals surface area contributed by atoms with Gasteiger partial charge in [0.1, 0.15) is 5.01 Å². The molecule has 1 fully saturated rings. The lowest BCUT2D eigenvalue weighted by molar-refractivity contribution is 0.0951. The van der Waals surface area contributed by atoms with E-state index >= 15 is 0 Å². The first kappa shape index (κ1) is 16.6. The molecule has 4 rings (SSSR count). The predicted octanol–water partition coefficient (Wildman–Crippen LogP) is 2.53. The van der Waals surface area contributed by atoms with Crippen molar-refractivity contribution in [3.63, 3.8) is 0 Å². The van der Waals surface area contributed by atoms with Crippen LogP contribution in [0.25, 0.3) is 11.3 Å². The van der Waals surface area contributed by atoms with Crippen molar-refractivity contribution < 1.29 is 4.79 Å². The minimum Gasteiger partial charge on any atom is -0.345 e. The first-order chi connectivity index (χ1) is 12.8. The number of aromatic nitrogens is 4. The lowest BCUT2D eigenvalue weighted by atomic mass is 10.1. The number of pyridine rings is 1. The van der Waals surface area contributed by atoms with Crippen molar-refractivity contribution in [2.75, 3.05) is 18.0 Å². The van der Waals surface area contributed by atoms with Crippen molar-refractivity contribution in [1.29, 1.82) is 0 Å². The van der Waals surface area contributed by atoms with Crippen LogP contribution < -0.4 is 10.2 Å². The zero-order chi connectivity index (χ0) is 17.8. The first-order valence-electron chi connectivity index (χ1n) is 8.50. The van der Waals surface area contributed by atoms with Gasteiger partial charge in [-0.3, -0.25) is 9.78 Å². The van der Waals surface area contributed by atoms with Gasteiger partial charge in [0.25, 0.3) is 5.91 Å². The number of nitrogens with zero attached hydrogens (tertiary/aromatic N) is 5. The second-order valence-electron chi connectivity index (χ2n) is 5.98. The van der Waals surface area contributed by atoms with Crippen LogP contribution in [0.3, 0.4) is 0 Å². The van der Waals surface area contributed by atoms with E-state index in [0.29, 0.717) is 23.8 Å². The van der Waals surface area contributed by atoms with Crippen LogP contribution in [0.15, 0.2) is 42.3 Å². The van der Waals surface area contributed by atoms with E-state index in [9.17, 15) is 4.79 Å². The maximum absolute atomic E-state index is 12.7. The Morgan fingerprint density at radius 2 is 2.08 bits per heavy atom. The quantitative estimate of drug-likeness (QED) is 0.747. The van der Waals surface area contributed by atoms with Gasteiger partial charge in [0, 0.05) is 48.8 Å². The zero-order valence-corrected chi connectivity index (χ0v) is 14.9. The molecule has 3 aromatic rings. The summed E-state index contributed by atoms with van der Waals surface area (Å²) in [4.78, 5) is 32.3. The molecule has 1 amide bonds.